The molecule has 0 unspecified atom stereocenters. The van der Waals surface area contributed by atoms with Crippen molar-refractivity contribution in [2.24, 2.45) is 0 Å². The van der Waals surface area contributed by atoms with E-state index in [2.05, 4.69) is 46.4 Å². The van der Waals surface area contributed by atoms with Gasteiger partial charge >= 0.3 is 0 Å². The first kappa shape index (κ1) is 11.7. The Morgan fingerprint density at radius 1 is 1.25 bits per heavy atom. The van der Waals surface area contributed by atoms with Crippen molar-refractivity contribution < 1.29 is 0 Å². The highest BCUT2D eigenvalue weighted by atomic mass is 79.9. The van der Waals surface area contributed by atoms with Gasteiger partial charge in [0.1, 0.15) is 11.4 Å². The fourth-order valence-corrected chi connectivity index (χ4v) is 3.15. The number of halogens is 1. The van der Waals surface area contributed by atoms with Crippen LogP contribution in [0.3, 0.4) is 0 Å². The average Bonchev–Trinajstić information content (AvgIpc) is 3.13. The lowest BCUT2D eigenvalue weighted by atomic mass is 10.3. The minimum Gasteiger partial charge on any atom is -0.274 e. The summed E-state index contributed by atoms with van der Waals surface area (Å²) in [4.78, 5) is 4.98. The minimum absolute atomic E-state index is 0.624. The Labute approximate surface area is 124 Å². The van der Waals surface area contributed by atoms with E-state index in [1.165, 1.54) is 11.3 Å². The molecule has 4 rings (SSSR count). The van der Waals surface area contributed by atoms with Crippen LogP contribution in [0.1, 0.15) is 0 Å². The lowest BCUT2D eigenvalue weighted by molar-refractivity contribution is 0.955. The Kier molecular flexibility index (Phi) is 2.60. The van der Waals surface area contributed by atoms with E-state index >= 15 is 0 Å². The molecule has 0 saturated heterocycles. The van der Waals surface area contributed by atoms with Gasteiger partial charge in [0.2, 0.25) is 10.8 Å². The maximum atomic E-state index is 4.52. The molecule has 0 aliphatic rings. The Bertz CT molecular complexity index is 879. The normalized spacial score (nSPS) is 11.2. The molecule has 4 aromatic rings. The number of rotatable bonds is 2. The number of H-pyrrole nitrogens is 1. The van der Waals surface area contributed by atoms with Crippen molar-refractivity contribution in [3.05, 3.63) is 35.1 Å². The van der Waals surface area contributed by atoms with Crippen molar-refractivity contribution in [1.29, 1.82) is 0 Å². The molecule has 0 radical (unpaired) electrons. The molecule has 0 aliphatic carbocycles. The van der Waals surface area contributed by atoms with Crippen molar-refractivity contribution >= 4 is 32.2 Å². The van der Waals surface area contributed by atoms with E-state index in [0.717, 1.165) is 20.9 Å². The van der Waals surface area contributed by atoms with Gasteiger partial charge in [-0.25, -0.2) is 0 Å². The summed E-state index contributed by atoms with van der Waals surface area (Å²) in [6, 6.07) is 5.64. The van der Waals surface area contributed by atoms with Crippen LogP contribution >= 0.6 is 27.3 Å². The van der Waals surface area contributed by atoms with Crippen molar-refractivity contribution in [2.75, 3.05) is 0 Å². The van der Waals surface area contributed by atoms with Gasteiger partial charge < -0.3 is 0 Å². The number of aromatic amines is 1. The van der Waals surface area contributed by atoms with Gasteiger partial charge in [-0.1, -0.05) is 17.4 Å². The predicted molar refractivity (Wildman–Crippen MR) is 77.2 cm³/mol. The Hall–Kier alpha value is -2.13. The molecular weight excluding hydrogens is 342 g/mol. The van der Waals surface area contributed by atoms with E-state index in [0.29, 0.717) is 10.8 Å². The van der Waals surface area contributed by atoms with Crippen molar-refractivity contribution in [2.45, 2.75) is 0 Å². The average molecular weight is 348 g/mol. The van der Waals surface area contributed by atoms with Crippen LogP contribution in [0.25, 0.3) is 27.2 Å². The number of fused-ring (bicyclic) bond motifs is 1. The van der Waals surface area contributed by atoms with Crippen molar-refractivity contribution in [1.82, 2.24) is 35.0 Å². The zero-order chi connectivity index (χ0) is 13.5. The van der Waals surface area contributed by atoms with Crippen LogP contribution < -0.4 is 0 Å². The molecule has 0 saturated carbocycles. The summed E-state index contributed by atoms with van der Waals surface area (Å²) in [5.41, 5.74) is 1.56. The molecule has 98 valence electrons. The van der Waals surface area contributed by atoms with Gasteiger partial charge in [-0.3, -0.25) is 10.1 Å². The first-order valence-corrected chi connectivity index (χ1v) is 7.27. The van der Waals surface area contributed by atoms with Gasteiger partial charge in [-0.15, -0.1) is 10.2 Å². The molecule has 1 N–H and O–H groups in total. The number of aromatic nitrogens is 7. The molecule has 0 fully saturated rings. The van der Waals surface area contributed by atoms with Gasteiger partial charge in [-0.05, 0) is 28.1 Å². The van der Waals surface area contributed by atoms with E-state index in [4.69, 9.17) is 0 Å². The van der Waals surface area contributed by atoms with Gasteiger partial charge in [0.05, 0.1) is 10.7 Å². The topological polar surface area (TPSA) is 84.7 Å². The third-order valence-electron chi connectivity index (χ3n) is 2.69. The van der Waals surface area contributed by atoms with Crippen LogP contribution in [-0.2, 0) is 0 Å². The van der Waals surface area contributed by atoms with E-state index in [1.54, 1.807) is 16.9 Å². The Morgan fingerprint density at radius 3 is 2.95 bits per heavy atom. The van der Waals surface area contributed by atoms with E-state index in [9.17, 15) is 0 Å². The van der Waals surface area contributed by atoms with Crippen LogP contribution in [0.15, 0.2) is 35.1 Å². The zero-order valence-corrected chi connectivity index (χ0v) is 12.3. The summed E-state index contributed by atoms with van der Waals surface area (Å²) in [6.07, 6.45) is 3.41. The summed E-state index contributed by atoms with van der Waals surface area (Å²) < 4.78 is 2.55. The molecule has 0 amide bonds. The third kappa shape index (κ3) is 1.74. The molecule has 9 heteroatoms. The lowest BCUT2D eigenvalue weighted by Crippen LogP contribution is -1.92. The van der Waals surface area contributed by atoms with Gasteiger partial charge in [0.25, 0.3) is 0 Å². The number of hydrogen-bond donors (Lipinski definition) is 1. The molecule has 20 heavy (non-hydrogen) atoms. The third-order valence-corrected chi connectivity index (χ3v) is 4.21. The summed E-state index contributed by atoms with van der Waals surface area (Å²) in [5.74, 6) is 0.624. The summed E-state index contributed by atoms with van der Waals surface area (Å²) in [5, 5.41) is 20.5. The maximum Gasteiger partial charge on any atom is 0.235 e. The molecule has 0 aliphatic heterocycles. The first-order chi connectivity index (χ1) is 9.83. The second-order valence-corrected chi connectivity index (χ2v) is 5.74. The first-order valence-electron chi connectivity index (χ1n) is 5.66. The quantitative estimate of drug-likeness (QED) is 0.601. The highest BCUT2D eigenvalue weighted by molar-refractivity contribution is 9.10. The van der Waals surface area contributed by atoms with Crippen molar-refractivity contribution in [3.63, 3.8) is 0 Å². The molecule has 7 nitrogen and oxygen atoms in total. The summed E-state index contributed by atoms with van der Waals surface area (Å²) in [6.45, 7) is 0. The predicted octanol–water partition coefficient (Wildman–Crippen LogP) is 2.40. The highest BCUT2D eigenvalue weighted by Crippen LogP contribution is 2.30. The lowest BCUT2D eigenvalue weighted by Gasteiger charge is -1.94. The maximum absolute atomic E-state index is 4.52. The van der Waals surface area contributed by atoms with Crippen molar-refractivity contribution in [3.8, 4) is 22.2 Å². The fourth-order valence-electron chi connectivity index (χ4n) is 1.79. The number of pyridine rings is 1. The number of hydrogen-bond acceptors (Lipinski definition) is 6. The monoisotopic (exact) mass is 347 g/mol. The van der Waals surface area contributed by atoms with Gasteiger partial charge in [-0.2, -0.15) is 14.7 Å². The summed E-state index contributed by atoms with van der Waals surface area (Å²) >= 11 is 4.86. The van der Waals surface area contributed by atoms with Crippen LogP contribution in [0.4, 0.5) is 0 Å². The minimum atomic E-state index is 0.624. The van der Waals surface area contributed by atoms with Gasteiger partial charge in [0, 0.05) is 6.20 Å². The van der Waals surface area contributed by atoms with E-state index in [-0.39, 0.29) is 0 Å². The molecule has 0 aromatic carbocycles. The van der Waals surface area contributed by atoms with Gasteiger partial charge in [0.15, 0.2) is 5.01 Å². The molecular formula is C11H6BrN7S. The second-order valence-electron chi connectivity index (χ2n) is 3.93. The Morgan fingerprint density at radius 2 is 2.20 bits per heavy atom. The SMILES string of the molecule is Brc1cn[nH]c1-c1nn2c(-c3ccccn3)nnc2s1. The zero-order valence-electron chi connectivity index (χ0n) is 9.86. The highest BCUT2D eigenvalue weighted by Gasteiger charge is 2.17. The van der Waals surface area contributed by atoms with Crippen LogP contribution in [0, 0.1) is 0 Å². The molecule has 0 bridgehead atoms. The standard InChI is InChI=1S/C11H6BrN7S/c12-6-5-14-15-8(6)10-18-19-9(16-17-11(19)20-10)7-3-1-2-4-13-7/h1-5H,(H,14,15). The Balaban J connectivity index is 1.90. The molecule has 4 aromatic heterocycles. The largest absolute Gasteiger partial charge is 0.274 e. The van der Waals surface area contributed by atoms with Crippen LogP contribution in [0.5, 0.6) is 0 Å². The van der Waals surface area contributed by atoms with E-state index in [1.807, 2.05) is 18.2 Å². The number of nitrogens with zero attached hydrogens (tertiary/aromatic N) is 6. The number of nitrogens with one attached hydrogen (secondary N) is 1. The van der Waals surface area contributed by atoms with E-state index < -0.39 is 0 Å². The van der Waals surface area contributed by atoms with Crippen LogP contribution in [0.2, 0.25) is 0 Å². The molecule has 0 spiro atoms. The summed E-state index contributed by atoms with van der Waals surface area (Å²) in [7, 11) is 0. The smallest absolute Gasteiger partial charge is 0.235 e. The molecule has 0 atom stereocenters. The molecule has 4 heterocycles. The van der Waals surface area contributed by atoms with Crippen LogP contribution in [-0.4, -0.2) is 35.0 Å². The second kappa shape index (κ2) is 4.46. The fraction of sp³-hybridized carbons (Fsp3) is 0.